The van der Waals surface area contributed by atoms with Gasteiger partial charge in [0.2, 0.25) is 0 Å². The Morgan fingerprint density at radius 1 is 1.19 bits per heavy atom. The molecule has 7 nitrogen and oxygen atoms in total. The standard InChI is InChI=1S/C27H25Cl2N3O4/c1-15-12-17-6-3-4-8-21(17)32(15)27(34)26-16(2)25-20(7-5-9-23(25)36-26)30-31-24(33)14-35-22-11-10-18(28)13-19(22)29/h3-4,6,8,10-11,13,15H,5,7,9,12,14H2,1-2H3,(H,31,33)/b30-20+. The zero-order valence-electron chi connectivity index (χ0n) is 19.9. The molecule has 1 atom stereocenters. The molecule has 9 heteroatoms. The number of anilines is 1. The Morgan fingerprint density at radius 2 is 2.00 bits per heavy atom. The molecular formula is C27H25Cl2N3O4. The van der Waals surface area contributed by atoms with Crippen LogP contribution in [-0.4, -0.2) is 30.2 Å². The zero-order valence-corrected chi connectivity index (χ0v) is 21.4. The van der Waals surface area contributed by atoms with Crippen LogP contribution in [0, 0.1) is 6.92 Å². The number of para-hydroxylation sites is 1. The number of fused-ring (bicyclic) bond motifs is 2. The molecule has 2 heterocycles. The van der Waals surface area contributed by atoms with Crippen molar-refractivity contribution in [1.82, 2.24) is 5.43 Å². The van der Waals surface area contributed by atoms with Crippen LogP contribution in [0.25, 0.3) is 0 Å². The highest BCUT2D eigenvalue weighted by atomic mass is 35.5. The average molecular weight is 526 g/mol. The third-order valence-electron chi connectivity index (χ3n) is 6.51. The number of benzene rings is 2. The van der Waals surface area contributed by atoms with Crippen molar-refractivity contribution in [1.29, 1.82) is 0 Å². The van der Waals surface area contributed by atoms with Crippen molar-refractivity contribution in [3.05, 3.63) is 80.7 Å². The molecule has 1 aromatic heterocycles. The first-order valence-corrected chi connectivity index (χ1v) is 12.6. The van der Waals surface area contributed by atoms with E-state index in [4.69, 9.17) is 32.4 Å². The molecule has 0 saturated carbocycles. The van der Waals surface area contributed by atoms with Crippen LogP contribution < -0.4 is 15.1 Å². The molecule has 0 fully saturated rings. The summed E-state index contributed by atoms with van der Waals surface area (Å²) in [5, 5.41) is 5.15. The first kappa shape index (κ1) is 24.4. The SMILES string of the molecule is Cc1c(C(=O)N2c3ccccc3CC2C)oc2c1/C(=N/NC(=O)COc1ccc(Cl)cc1Cl)CCC2. The summed E-state index contributed by atoms with van der Waals surface area (Å²) in [4.78, 5) is 27.8. The van der Waals surface area contributed by atoms with Gasteiger partial charge in [0.05, 0.1) is 10.7 Å². The Bertz CT molecular complexity index is 1380. The van der Waals surface area contributed by atoms with Gasteiger partial charge < -0.3 is 14.1 Å². The summed E-state index contributed by atoms with van der Waals surface area (Å²) in [5.41, 5.74) is 6.85. The van der Waals surface area contributed by atoms with E-state index in [-0.39, 0.29) is 18.6 Å². The molecule has 2 aliphatic rings. The van der Waals surface area contributed by atoms with E-state index in [0.29, 0.717) is 40.1 Å². The molecule has 1 N–H and O–H groups in total. The topological polar surface area (TPSA) is 84.1 Å². The third-order valence-corrected chi connectivity index (χ3v) is 7.04. The molecule has 5 rings (SSSR count). The largest absolute Gasteiger partial charge is 0.482 e. The summed E-state index contributed by atoms with van der Waals surface area (Å²) in [5.74, 6) is 0.816. The minimum absolute atomic E-state index is 0.0398. The Morgan fingerprint density at radius 3 is 2.81 bits per heavy atom. The van der Waals surface area contributed by atoms with E-state index in [1.54, 1.807) is 18.2 Å². The summed E-state index contributed by atoms with van der Waals surface area (Å²) in [6.45, 7) is 3.65. The van der Waals surface area contributed by atoms with E-state index >= 15 is 0 Å². The van der Waals surface area contributed by atoms with Gasteiger partial charge >= 0.3 is 0 Å². The number of furan rings is 1. The monoisotopic (exact) mass is 525 g/mol. The minimum atomic E-state index is -0.430. The van der Waals surface area contributed by atoms with Gasteiger partial charge in [-0.25, -0.2) is 5.43 Å². The highest BCUT2D eigenvalue weighted by Crippen LogP contribution is 2.36. The summed E-state index contributed by atoms with van der Waals surface area (Å²) in [6.07, 6.45) is 2.99. The Labute approximate surface area is 219 Å². The number of aryl methyl sites for hydroxylation is 1. The highest BCUT2D eigenvalue weighted by molar-refractivity contribution is 6.35. The summed E-state index contributed by atoms with van der Waals surface area (Å²) in [6, 6.07) is 12.8. The van der Waals surface area contributed by atoms with Crippen molar-refractivity contribution < 1.29 is 18.7 Å². The molecule has 1 unspecified atom stereocenters. The quantitative estimate of drug-likeness (QED) is 0.431. The van der Waals surface area contributed by atoms with Crippen molar-refractivity contribution in [3.63, 3.8) is 0 Å². The van der Waals surface area contributed by atoms with Crippen LogP contribution in [0.1, 0.15) is 52.8 Å². The van der Waals surface area contributed by atoms with E-state index in [0.717, 1.165) is 41.0 Å². The molecule has 36 heavy (non-hydrogen) atoms. The lowest BCUT2D eigenvalue weighted by Gasteiger charge is -2.21. The van der Waals surface area contributed by atoms with E-state index in [1.807, 2.05) is 36.9 Å². The number of carbonyl (C=O) groups excluding carboxylic acids is 2. The second-order valence-corrected chi connectivity index (χ2v) is 9.87. The molecular weight excluding hydrogens is 501 g/mol. The number of amides is 2. The lowest BCUT2D eigenvalue weighted by atomic mass is 9.93. The van der Waals surface area contributed by atoms with Crippen molar-refractivity contribution >= 4 is 46.4 Å². The second-order valence-electron chi connectivity index (χ2n) is 9.02. The number of hydrogen-bond donors (Lipinski definition) is 1. The predicted molar refractivity (Wildman–Crippen MR) is 139 cm³/mol. The van der Waals surface area contributed by atoms with E-state index in [2.05, 4.69) is 16.6 Å². The fraction of sp³-hybridized carbons (Fsp3) is 0.296. The molecule has 2 aromatic carbocycles. The molecule has 1 aliphatic carbocycles. The van der Waals surface area contributed by atoms with E-state index < -0.39 is 5.91 Å². The number of nitrogens with one attached hydrogen (secondary N) is 1. The maximum absolute atomic E-state index is 13.6. The maximum atomic E-state index is 13.6. The normalized spacial score (nSPS) is 17.6. The van der Waals surface area contributed by atoms with Crippen LogP contribution >= 0.6 is 23.2 Å². The van der Waals surface area contributed by atoms with Crippen LogP contribution in [0.4, 0.5) is 5.69 Å². The number of nitrogens with zero attached hydrogens (tertiary/aromatic N) is 2. The first-order chi connectivity index (χ1) is 17.3. The minimum Gasteiger partial charge on any atom is -0.482 e. The van der Waals surface area contributed by atoms with Crippen LogP contribution in [0.3, 0.4) is 0 Å². The maximum Gasteiger partial charge on any atom is 0.294 e. The Balaban J connectivity index is 1.33. The van der Waals surface area contributed by atoms with E-state index in [9.17, 15) is 9.59 Å². The number of hydrazone groups is 1. The van der Waals surface area contributed by atoms with Crippen LogP contribution in [-0.2, 0) is 17.6 Å². The molecule has 186 valence electrons. The summed E-state index contributed by atoms with van der Waals surface area (Å²) in [7, 11) is 0. The van der Waals surface area contributed by atoms with Gasteiger partial charge in [0.15, 0.2) is 12.4 Å². The Hall–Kier alpha value is -3.29. The van der Waals surface area contributed by atoms with Gasteiger partial charge in [0, 0.05) is 34.3 Å². The van der Waals surface area contributed by atoms with Crippen molar-refractivity contribution in [3.8, 4) is 5.75 Å². The van der Waals surface area contributed by atoms with E-state index in [1.165, 1.54) is 0 Å². The molecule has 1 aliphatic heterocycles. The van der Waals surface area contributed by atoms with Gasteiger partial charge in [-0.3, -0.25) is 9.59 Å². The molecule has 3 aromatic rings. The zero-order chi connectivity index (χ0) is 25.4. The highest BCUT2D eigenvalue weighted by Gasteiger charge is 2.36. The van der Waals surface area contributed by atoms with Crippen LogP contribution in [0.5, 0.6) is 5.75 Å². The van der Waals surface area contributed by atoms with Crippen molar-refractivity contribution in [2.45, 2.75) is 45.6 Å². The first-order valence-electron chi connectivity index (χ1n) is 11.8. The van der Waals surface area contributed by atoms with Gasteiger partial charge in [-0.15, -0.1) is 0 Å². The number of hydrogen-bond acceptors (Lipinski definition) is 5. The number of halogens is 2. The van der Waals surface area contributed by atoms with Crippen LogP contribution in [0.15, 0.2) is 52.0 Å². The molecule has 0 bridgehead atoms. The van der Waals surface area contributed by atoms with Crippen molar-refractivity contribution in [2.75, 3.05) is 11.5 Å². The van der Waals surface area contributed by atoms with Crippen molar-refractivity contribution in [2.24, 2.45) is 5.10 Å². The molecule has 0 saturated heterocycles. The summed E-state index contributed by atoms with van der Waals surface area (Å²) >= 11 is 12.0. The molecule has 2 amide bonds. The average Bonchev–Trinajstić information content (AvgIpc) is 3.38. The molecule has 0 spiro atoms. The lowest BCUT2D eigenvalue weighted by molar-refractivity contribution is -0.123. The van der Waals surface area contributed by atoms with Gasteiger partial charge in [-0.2, -0.15) is 5.10 Å². The van der Waals surface area contributed by atoms with Gasteiger partial charge in [0.1, 0.15) is 11.5 Å². The van der Waals surface area contributed by atoms with Gasteiger partial charge in [0.25, 0.3) is 11.8 Å². The van der Waals surface area contributed by atoms with Gasteiger partial charge in [-0.1, -0.05) is 41.4 Å². The fourth-order valence-electron chi connectivity index (χ4n) is 4.87. The molecule has 0 radical (unpaired) electrons. The number of carbonyl (C=O) groups is 2. The number of ether oxygens (including phenoxy) is 1. The fourth-order valence-corrected chi connectivity index (χ4v) is 5.33. The summed E-state index contributed by atoms with van der Waals surface area (Å²) < 4.78 is 11.6. The predicted octanol–water partition coefficient (Wildman–Crippen LogP) is 5.72. The second kappa shape index (κ2) is 9.99. The third kappa shape index (κ3) is 4.61. The van der Waals surface area contributed by atoms with Crippen LogP contribution in [0.2, 0.25) is 10.0 Å². The smallest absolute Gasteiger partial charge is 0.294 e. The Kier molecular flexibility index (Phi) is 6.77. The lowest BCUT2D eigenvalue weighted by Crippen LogP contribution is -2.35. The number of rotatable bonds is 5. The van der Waals surface area contributed by atoms with Gasteiger partial charge in [-0.05, 0) is 62.9 Å².